The monoisotopic (exact) mass is 183 g/mol. The van der Waals surface area contributed by atoms with Crippen molar-refractivity contribution in [2.24, 2.45) is 5.73 Å². The van der Waals surface area contributed by atoms with Crippen molar-refractivity contribution in [3.8, 4) is 11.5 Å². The highest BCUT2D eigenvalue weighted by atomic mass is 16.3. The van der Waals surface area contributed by atoms with Gasteiger partial charge in [-0.2, -0.15) is 0 Å². The lowest BCUT2D eigenvalue weighted by atomic mass is 10.1. The molecule has 0 radical (unpaired) electrons. The van der Waals surface area contributed by atoms with Crippen LogP contribution in [-0.2, 0) is 0 Å². The molecule has 0 aliphatic heterocycles. The zero-order valence-electron chi connectivity index (χ0n) is 7.14. The molecule has 0 bridgehead atoms. The highest BCUT2D eigenvalue weighted by molar-refractivity contribution is 5.41. The van der Waals surface area contributed by atoms with Crippen molar-refractivity contribution in [1.82, 2.24) is 0 Å². The summed E-state index contributed by atoms with van der Waals surface area (Å²) in [6.07, 6.45) is -0.249. The number of hydrogen-bond acceptors (Lipinski definition) is 4. The zero-order chi connectivity index (χ0) is 9.84. The molecule has 4 heteroatoms. The van der Waals surface area contributed by atoms with Crippen LogP contribution in [0.5, 0.6) is 11.5 Å². The number of benzene rings is 1. The van der Waals surface area contributed by atoms with Gasteiger partial charge in [-0.1, -0.05) is 6.07 Å². The molecule has 0 aromatic heterocycles. The lowest BCUT2D eigenvalue weighted by molar-refractivity contribution is 0.170. The summed E-state index contributed by atoms with van der Waals surface area (Å²) >= 11 is 0. The van der Waals surface area contributed by atoms with E-state index in [0.29, 0.717) is 18.5 Å². The summed E-state index contributed by atoms with van der Waals surface area (Å²) in [5.74, 6) is -0.419. The van der Waals surface area contributed by atoms with Crippen molar-refractivity contribution in [2.45, 2.75) is 12.5 Å². The molecule has 5 N–H and O–H groups in total. The fourth-order valence-electron chi connectivity index (χ4n) is 1.07. The van der Waals surface area contributed by atoms with Crippen LogP contribution in [0.4, 0.5) is 0 Å². The molecule has 0 spiro atoms. The van der Waals surface area contributed by atoms with Gasteiger partial charge in [-0.25, -0.2) is 0 Å². The average Bonchev–Trinajstić information content (AvgIpc) is 2.10. The number of hydrogen-bond donors (Lipinski definition) is 4. The van der Waals surface area contributed by atoms with Crippen molar-refractivity contribution in [3.63, 3.8) is 0 Å². The van der Waals surface area contributed by atoms with E-state index in [1.165, 1.54) is 12.1 Å². The smallest absolute Gasteiger partial charge is 0.157 e. The lowest BCUT2D eigenvalue weighted by Gasteiger charge is -2.09. The van der Waals surface area contributed by atoms with Crippen LogP contribution in [-0.4, -0.2) is 21.9 Å². The van der Waals surface area contributed by atoms with Crippen LogP contribution in [0.1, 0.15) is 18.1 Å². The third-order valence-corrected chi connectivity index (χ3v) is 1.82. The molecule has 0 saturated carbocycles. The Morgan fingerprint density at radius 2 is 1.92 bits per heavy atom. The topological polar surface area (TPSA) is 86.7 Å². The SMILES string of the molecule is NCC[C@@H](O)c1ccc(O)c(O)c1. The molecule has 1 aromatic carbocycles. The maximum atomic E-state index is 9.46. The summed E-state index contributed by atoms with van der Waals surface area (Å²) in [6, 6.07) is 4.22. The molecule has 0 amide bonds. The van der Waals surface area contributed by atoms with Crippen molar-refractivity contribution >= 4 is 0 Å². The molecule has 72 valence electrons. The fourth-order valence-corrected chi connectivity index (χ4v) is 1.07. The predicted octanol–water partition coefficient (Wildman–Crippen LogP) is 0.480. The molecule has 1 aromatic rings. The van der Waals surface area contributed by atoms with E-state index in [1.807, 2.05) is 0 Å². The van der Waals surface area contributed by atoms with Gasteiger partial charge in [-0.05, 0) is 30.7 Å². The Morgan fingerprint density at radius 3 is 2.46 bits per heavy atom. The van der Waals surface area contributed by atoms with Gasteiger partial charge in [0, 0.05) is 0 Å². The van der Waals surface area contributed by atoms with Crippen LogP contribution >= 0.6 is 0 Å². The van der Waals surface area contributed by atoms with Gasteiger partial charge in [0.1, 0.15) is 0 Å². The first-order valence-corrected chi connectivity index (χ1v) is 4.05. The molecule has 1 rings (SSSR count). The molecule has 1 atom stereocenters. The number of aliphatic hydroxyl groups excluding tert-OH is 1. The third kappa shape index (κ3) is 2.34. The fraction of sp³-hybridized carbons (Fsp3) is 0.333. The molecule has 13 heavy (non-hydrogen) atoms. The van der Waals surface area contributed by atoms with Crippen LogP contribution in [0, 0.1) is 0 Å². The first-order chi connectivity index (χ1) is 6.15. The van der Waals surface area contributed by atoms with E-state index in [2.05, 4.69) is 0 Å². The highest BCUT2D eigenvalue weighted by Gasteiger charge is 2.08. The molecule has 0 aliphatic rings. The Hall–Kier alpha value is -1.26. The van der Waals surface area contributed by atoms with Crippen molar-refractivity contribution in [3.05, 3.63) is 23.8 Å². The van der Waals surface area contributed by atoms with Crippen LogP contribution in [0.2, 0.25) is 0 Å². The Morgan fingerprint density at radius 1 is 1.23 bits per heavy atom. The van der Waals surface area contributed by atoms with Crippen molar-refractivity contribution in [2.75, 3.05) is 6.54 Å². The van der Waals surface area contributed by atoms with E-state index in [1.54, 1.807) is 6.07 Å². The minimum absolute atomic E-state index is 0.191. The van der Waals surface area contributed by atoms with Crippen LogP contribution in [0.15, 0.2) is 18.2 Å². The molecule has 0 saturated heterocycles. The van der Waals surface area contributed by atoms with Gasteiger partial charge in [-0.3, -0.25) is 0 Å². The summed E-state index contributed by atoms with van der Waals surface area (Å²) in [5.41, 5.74) is 5.82. The van der Waals surface area contributed by atoms with E-state index in [0.717, 1.165) is 0 Å². The minimum Gasteiger partial charge on any atom is -0.504 e. The molecular weight excluding hydrogens is 170 g/mol. The predicted molar refractivity (Wildman–Crippen MR) is 48.4 cm³/mol. The molecular formula is C9H13NO3. The second-order valence-electron chi connectivity index (χ2n) is 2.84. The second-order valence-corrected chi connectivity index (χ2v) is 2.84. The molecule has 0 unspecified atom stereocenters. The minimum atomic E-state index is -0.684. The standard InChI is InChI=1S/C9H13NO3/c10-4-3-7(11)6-1-2-8(12)9(13)5-6/h1-2,5,7,11-13H,3-4,10H2/t7-/m1/s1. The number of phenolic OH excluding ortho intramolecular Hbond substituents is 2. The number of phenols is 2. The van der Waals surface area contributed by atoms with Gasteiger partial charge in [0.15, 0.2) is 11.5 Å². The van der Waals surface area contributed by atoms with Gasteiger partial charge in [0.2, 0.25) is 0 Å². The number of nitrogens with two attached hydrogens (primary N) is 1. The zero-order valence-corrected chi connectivity index (χ0v) is 7.14. The maximum absolute atomic E-state index is 9.46. The Kier molecular flexibility index (Phi) is 3.11. The lowest BCUT2D eigenvalue weighted by Crippen LogP contribution is -2.06. The summed E-state index contributed by atoms with van der Waals surface area (Å²) in [6.45, 7) is 0.378. The van der Waals surface area contributed by atoms with E-state index < -0.39 is 6.10 Å². The quantitative estimate of drug-likeness (QED) is 0.513. The summed E-state index contributed by atoms with van der Waals surface area (Å²) in [7, 11) is 0. The van der Waals surface area contributed by atoms with Crippen LogP contribution < -0.4 is 5.73 Å². The Bertz CT molecular complexity index is 288. The van der Waals surface area contributed by atoms with E-state index in [-0.39, 0.29) is 11.5 Å². The van der Waals surface area contributed by atoms with Crippen LogP contribution in [0.3, 0.4) is 0 Å². The Balaban J connectivity index is 2.84. The number of aromatic hydroxyl groups is 2. The molecule has 4 nitrogen and oxygen atoms in total. The van der Waals surface area contributed by atoms with Gasteiger partial charge < -0.3 is 21.1 Å². The van der Waals surface area contributed by atoms with E-state index >= 15 is 0 Å². The van der Waals surface area contributed by atoms with Gasteiger partial charge in [0.05, 0.1) is 6.10 Å². The van der Waals surface area contributed by atoms with Gasteiger partial charge in [0.25, 0.3) is 0 Å². The van der Waals surface area contributed by atoms with Gasteiger partial charge in [-0.15, -0.1) is 0 Å². The third-order valence-electron chi connectivity index (χ3n) is 1.82. The average molecular weight is 183 g/mol. The number of rotatable bonds is 3. The molecule has 0 heterocycles. The maximum Gasteiger partial charge on any atom is 0.157 e. The summed E-state index contributed by atoms with van der Waals surface area (Å²) in [5, 5.41) is 27.6. The Labute approximate surface area is 76.2 Å². The summed E-state index contributed by atoms with van der Waals surface area (Å²) < 4.78 is 0. The van der Waals surface area contributed by atoms with Crippen LogP contribution in [0.25, 0.3) is 0 Å². The van der Waals surface area contributed by atoms with E-state index in [4.69, 9.17) is 15.9 Å². The highest BCUT2D eigenvalue weighted by Crippen LogP contribution is 2.28. The first-order valence-electron chi connectivity index (χ1n) is 4.05. The largest absolute Gasteiger partial charge is 0.504 e. The summed E-state index contributed by atoms with van der Waals surface area (Å²) in [4.78, 5) is 0. The molecule has 0 aliphatic carbocycles. The van der Waals surface area contributed by atoms with Crippen molar-refractivity contribution in [1.29, 1.82) is 0 Å². The van der Waals surface area contributed by atoms with E-state index in [9.17, 15) is 5.11 Å². The van der Waals surface area contributed by atoms with Gasteiger partial charge >= 0.3 is 0 Å². The second kappa shape index (κ2) is 4.11. The first kappa shape index (κ1) is 9.83. The normalized spacial score (nSPS) is 12.8. The van der Waals surface area contributed by atoms with Crippen molar-refractivity contribution < 1.29 is 15.3 Å². The number of aliphatic hydroxyl groups is 1. The molecule has 0 fully saturated rings.